The monoisotopic (exact) mass is 443 g/mol. The number of para-hydroxylation sites is 1. The van der Waals surface area contributed by atoms with Gasteiger partial charge in [0.25, 0.3) is 5.91 Å². The normalized spacial score (nSPS) is 12.2. The second kappa shape index (κ2) is 8.56. The van der Waals surface area contributed by atoms with Crippen LogP contribution in [0.1, 0.15) is 16.1 Å². The van der Waals surface area contributed by atoms with Crippen LogP contribution in [0.3, 0.4) is 0 Å². The molecule has 0 bridgehead atoms. The zero-order valence-corrected chi connectivity index (χ0v) is 17.2. The molecule has 0 radical (unpaired) electrons. The van der Waals surface area contributed by atoms with Crippen molar-refractivity contribution in [2.24, 2.45) is 0 Å². The minimum Gasteiger partial charge on any atom is -0.467 e. The number of methoxy groups -OCH3 is 1. The smallest absolute Gasteiger partial charge is 0.353 e. The lowest BCUT2D eigenvalue weighted by Gasteiger charge is -2.15. The van der Waals surface area contributed by atoms with Gasteiger partial charge in [0.1, 0.15) is 12.4 Å². The SMILES string of the molecule is COC(=O)C(Cc1c[nH]c2ccccc12)NC(=O)c1ncn2c(=O)n(CCCl)nnc12. The van der Waals surface area contributed by atoms with Crippen molar-refractivity contribution >= 4 is 40.0 Å². The fourth-order valence-corrected chi connectivity index (χ4v) is 3.46. The van der Waals surface area contributed by atoms with Crippen LogP contribution in [-0.4, -0.2) is 60.3 Å². The van der Waals surface area contributed by atoms with Gasteiger partial charge in [-0.2, -0.15) is 4.68 Å². The molecular weight excluding hydrogens is 426 g/mol. The molecule has 0 aliphatic carbocycles. The lowest BCUT2D eigenvalue weighted by atomic mass is 10.0. The molecule has 4 rings (SSSR count). The Morgan fingerprint density at radius 1 is 1.32 bits per heavy atom. The summed E-state index contributed by atoms with van der Waals surface area (Å²) in [4.78, 5) is 44.7. The molecule has 1 unspecified atom stereocenters. The van der Waals surface area contributed by atoms with Crippen LogP contribution in [0.25, 0.3) is 16.6 Å². The van der Waals surface area contributed by atoms with E-state index in [1.165, 1.54) is 13.4 Å². The van der Waals surface area contributed by atoms with E-state index in [1.54, 1.807) is 6.20 Å². The number of hydrogen-bond donors (Lipinski definition) is 2. The third-order valence-corrected chi connectivity index (χ3v) is 4.99. The van der Waals surface area contributed by atoms with Gasteiger partial charge >= 0.3 is 11.7 Å². The number of aryl methyl sites for hydroxylation is 1. The molecule has 3 heterocycles. The Morgan fingerprint density at radius 3 is 2.90 bits per heavy atom. The van der Waals surface area contributed by atoms with Crippen LogP contribution < -0.4 is 11.0 Å². The molecule has 2 N–H and O–H groups in total. The minimum atomic E-state index is -0.974. The van der Waals surface area contributed by atoms with Crippen molar-refractivity contribution in [1.82, 2.24) is 34.7 Å². The van der Waals surface area contributed by atoms with Crippen molar-refractivity contribution < 1.29 is 14.3 Å². The van der Waals surface area contributed by atoms with Crippen molar-refractivity contribution in [1.29, 1.82) is 0 Å². The topological polar surface area (TPSA) is 136 Å². The molecule has 11 nitrogen and oxygen atoms in total. The number of fused-ring (bicyclic) bond motifs is 2. The van der Waals surface area contributed by atoms with Gasteiger partial charge in [0, 0.05) is 29.4 Å². The van der Waals surface area contributed by atoms with Crippen molar-refractivity contribution in [2.45, 2.75) is 19.0 Å². The van der Waals surface area contributed by atoms with Gasteiger partial charge < -0.3 is 15.0 Å². The van der Waals surface area contributed by atoms with E-state index in [4.69, 9.17) is 16.3 Å². The molecule has 0 spiro atoms. The lowest BCUT2D eigenvalue weighted by molar-refractivity contribution is -0.142. The summed E-state index contributed by atoms with van der Waals surface area (Å²) in [7, 11) is 1.24. The predicted octanol–water partition coefficient (Wildman–Crippen LogP) is 0.520. The molecule has 160 valence electrons. The largest absolute Gasteiger partial charge is 0.467 e. The first kappa shape index (κ1) is 20.5. The van der Waals surface area contributed by atoms with E-state index in [0.29, 0.717) is 0 Å². The Bertz CT molecular complexity index is 1330. The number of nitrogens with one attached hydrogen (secondary N) is 2. The number of imidazole rings is 1. The molecule has 1 atom stereocenters. The van der Waals surface area contributed by atoms with Gasteiger partial charge in [0.05, 0.1) is 13.7 Å². The van der Waals surface area contributed by atoms with Crippen LogP contribution in [0.5, 0.6) is 0 Å². The maximum Gasteiger partial charge on any atom is 0.353 e. The Balaban J connectivity index is 1.62. The Morgan fingerprint density at radius 2 is 2.13 bits per heavy atom. The Labute approximate surface area is 180 Å². The first-order valence-corrected chi connectivity index (χ1v) is 9.87. The van der Waals surface area contributed by atoms with Gasteiger partial charge in [-0.3, -0.25) is 4.79 Å². The number of aromatic amines is 1. The number of carbonyl (C=O) groups excluding carboxylic acids is 2. The number of hydrogen-bond acceptors (Lipinski definition) is 7. The zero-order chi connectivity index (χ0) is 22.0. The fraction of sp³-hybridized carbons (Fsp3) is 0.263. The number of amides is 1. The van der Waals surface area contributed by atoms with Gasteiger partial charge in [-0.1, -0.05) is 23.4 Å². The van der Waals surface area contributed by atoms with Crippen LogP contribution in [0.4, 0.5) is 0 Å². The fourth-order valence-electron chi connectivity index (χ4n) is 3.30. The number of rotatable bonds is 7. The van der Waals surface area contributed by atoms with Gasteiger partial charge in [-0.25, -0.2) is 19.0 Å². The van der Waals surface area contributed by atoms with Gasteiger partial charge in [-0.05, 0) is 11.6 Å². The summed E-state index contributed by atoms with van der Waals surface area (Å²) in [6.07, 6.45) is 3.16. The highest BCUT2D eigenvalue weighted by molar-refractivity contribution is 6.17. The molecule has 1 aromatic carbocycles. The summed E-state index contributed by atoms with van der Waals surface area (Å²) in [6.45, 7) is 0.165. The Kier molecular flexibility index (Phi) is 5.67. The third-order valence-electron chi connectivity index (χ3n) is 4.82. The maximum absolute atomic E-state index is 12.9. The minimum absolute atomic E-state index is 0.0240. The summed E-state index contributed by atoms with van der Waals surface area (Å²) >= 11 is 5.65. The molecule has 0 saturated heterocycles. The quantitative estimate of drug-likeness (QED) is 0.314. The van der Waals surface area contributed by atoms with Crippen LogP contribution in [-0.2, 0) is 22.5 Å². The number of alkyl halides is 1. The molecule has 4 aromatic rings. The molecule has 0 aliphatic rings. The van der Waals surface area contributed by atoms with Crippen molar-refractivity contribution in [2.75, 3.05) is 13.0 Å². The van der Waals surface area contributed by atoms with Crippen molar-refractivity contribution in [3.8, 4) is 0 Å². The van der Waals surface area contributed by atoms with E-state index in [1.807, 2.05) is 24.3 Å². The van der Waals surface area contributed by atoms with Gasteiger partial charge in [-0.15, -0.1) is 16.7 Å². The molecule has 0 aliphatic heterocycles. The van der Waals surface area contributed by atoms with Gasteiger partial charge in [0.2, 0.25) is 0 Å². The summed E-state index contributed by atoms with van der Waals surface area (Å²) in [6, 6.07) is 6.64. The summed E-state index contributed by atoms with van der Waals surface area (Å²) in [5.74, 6) is -1.12. The highest BCUT2D eigenvalue weighted by Gasteiger charge is 2.26. The van der Waals surface area contributed by atoms with E-state index in [2.05, 4.69) is 25.6 Å². The second-order valence-electron chi connectivity index (χ2n) is 6.68. The number of benzene rings is 1. The average molecular weight is 444 g/mol. The van der Waals surface area contributed by atoms with E-state index < -0.39 is 23.6 Å². The maximum atomic E-state index is 12.9. The first-order chi connectivity index (χ1) is 15.0. The number of aromatic nitrogens is 6. The van der Waals surface area contributed by atoms with Crippen LogP contribution in [0.2, 0.25) is 0 Å². The number of esters is 1. The molecule has 0 fully saturated rings. The van der Waals surface area contributed by atoms with Crippen molar-refractivity contribution in [3.05, 3.63) is 58.5 Å². The zero-order valence-electron chi connectivity index (χ0n) is 16.4. The molecule has 3 aromatic heterocycles. The third kappa shape index (κ3) is 3.87. The van der Waals surface area contributed by atoms with Gasteiger partial charge in [0.15, 0.2) is 11.3 Å². The van der Waals surface area contributed by atoms with Crippen LogP contribution in [0.15, 0.2) is 41.6 Å². The van der Waals surface area contributed by atoms with Crippen LogP contribution >= 0.6 is 11.6 Å². The standard InChI is InChI=1S/C19H18ClN7O4/c1-31-18(29)14(8-11-9-21-13-5-3-2-4-12(11)13)23-17(28)15-16-24-25-27(7-6-20)19(30)26(16)10-22-15/h2-5,9-10,14,21H,6-8H2,1H3,(H,23,28). The molecule has 1 amide bonds. The summed E-state index contributed by atoms with van der Waals surface area (Å²) in [5, 5.41) is 11.2. The lowest BCUT2D eigenvalue weighted by Crippen LogP contribution is -2.43. The molecular formula is C19H18ClN7O4. The first-order valence-electron chi connectivity index (χ1n) is 9.34. The highest BCUT2D eigenvalue weighted by atomic mass is 35.5. The Hall–Kier alpha value is -3.73. The number of H-pyrrole nitrogens is 1. The molecule has 31 heavy (non-hydrogen) atoms. The molecule has 0 saturated carbocycles. The number of nitrogens with zero attached hydrogens (tertiary/aromatic N) is 5. The van der Waals surface area contributed by atoms with E-state index in [0.717, 1.165) is 25.5 Å². The second-order valence-corrected chi connectivity index (χ2v) is 7.06. The molecule has 12 heteroatoms. The predicted molar refractivity (Wildman–Crippen MR) is 111 cm³/mol. The number of halogens is 1. The number of ether oxygens (including phenoxy) is 1. The summed E-state index contributed by atoms with van der Waals surface area (Å²) < 4.78 is 7.02. The van der Waals surface area contributed by atoms with E-state index >= 15 is 0 Å². The average Bonchev–Trinajstić information content (AvgIpc) is 3.40. The van der Waals surface area contributed by atoms with Crippen LogP contribution in [0, 0.1) is 0 Å². The highest BCUT2D eigenvalue weighted by Crippen LogP contribution is 2.19. The van der Waals surface area contributed by atoms with E-state index in [9.17, 15) is 14.4 Å². The number of carbonyl (C=O) groups is 2. The summed E-state index contributed by atoms with van der Waals surface area (Å²) in [5.41, 5.74) is 1.07. The van der Waals surface area contributed by atoms with E-state index in [-0.39, 0.29) is 30.2 Å². The van der Waals surface area contributed by atoms with Crippen molar-refractivity contribution in [3.63, 3.8) is 0 Å².